The van der Waals surface area contributed by atoms with Crippen molar-refractivity contribution in [1.29, 1.82) is 0 Å². The number of likely N-dealkylation sites (tertiary alicyclic amines) is 1. The highest BCUT2D eigenvalue weighted by atomic mass is 32.2. The first-order chi connectivity index (χ1) is 13.0. The van der Waals surface area contributed by atoms with Gasteiger partial charge in [-0.2, -0.15) is 0 Å². The average molecular weight is 387 g/mol. The van der Waals surface area contributed by atoms with Crippen LogP contribution < -0.4 is 5.32 Å². The molecule has 2 aromatic rings. The number of hydrogen-bond acceptors (Lipinski definition) is 4. The summed E-state index contributed by atoms with van der Waals surface area (Å²) in [7, 11) is 1.90. The fourth-order valence-corrected chi connectivity index (χ4v) is 4.30. The molecular weight excluding hydrogens is 360 g/mol. The van der Waals surface area contributed by atoms with E-state index >= 15 is 0 Å². The molecule has 7 heteroatoms. The third-order valence-electron chi connectivity index (χ3n) is 5.09. The van der Waals surface area contributed by atoms with E-state index in [4.69, 9.17) is 0 Å². The minimum Gasteiger partial charge on any atom is -0.335 e. The summed E-state index contributed by atoms with van der Waals surface area (Å²) in [6.07, 6.45) is 5.60. The summed E-state index contributed by atoms with van der Waals surface area (Å²) in [5.41, 5.74) is 1.36. The minimum atomic E-state index is -0.0958. The summed E-state index contributed by atoms with van der Waals surface area (Å²) in [4.78, 5) is 31.1. The number of imidazole rings is 1. The van der Waals surface area contributed by atoms with Crippen LogP contribution in [0.25, 0.3) is 0 Å². The van der Waals surface area contributed by atoms with Gasteiger partial charge in [0.1, 0.15) is 0 Å². The van der Waals surface area contributed by atoms with E-state index in [1.165, 1.54) is 11.8 Å². The van der Waals surface area contributed by atoms with Crippen LogP contribution in [0.2, 0.25) is 0 Å². The average Bonchev–Trinajstić information content (AvgIpc) is 3.25. The number of thioether (sulfide) groups is 1. The zero-order valence-electron chi connectivity index (χ0n) is 16.0. The van der Waals surface area contributed by atoms with Crippen LogP contribution in [0.5, 0.6) is 0 Å². The van der Waals surface area contributed by atoms with Gasteiger partial charge in [-0.15, -0.1) is 0 Å². The number of nitrogens with one attached hydrogen (secondary N) is 1. The van der Waals surface area contributed by atoms with E-state index in [1.54, 1.807) is 30.5 Å². The molecule has 1 aromatic carbocycles. The molecule has 1 aliphatic heterocycles. The molecule has 0 radical (unpaired) electrons. The van der Waals surface area contributed by atoms with Gasteiger partial charge in [-0.1, -0.05) is 25.6 Å². The third-order valence-corrected chi connectivity index (χ3v) is 6.14. The van der Waals surface area contributed by atoms with Crippen LogP contribution in [0.3, 0.4) is 0 Å². The largest absolute Gasteiger partial charge is 0.335 e. The number of carbonyl (C=O) groups is 2. The zero-order chi connectivity index (χ0) is 19.4. The lowest BCUT2D eigenvalue weighted by Crippen LogP contribution is -2.37. The van der Waals surface area contributed by atoms with Gasteiger partial charge in [-0.3, -0.25) is 9.59 Å². The van der Waals surface area contributed by atoms with Crippen LogP contribution in [-0.4, -0.2) is 44.6 Å². The monoisotopic (exact) mass is 386 g/mol. The molecule has 1 N–H and O–H groups in total. The summed E-state index contributed by atoms with van der Waals surface area (Å²) in [6.45, 7) is 5.17. The van der Waals surface area contributed by atoms with Crippen molar-refractivity contribution in [3.63, 3.8) is 0 Å². The molecule has 2 amide bonds. The molecule has 2 atom stereocenters. The molecule has 1 aromatic heterocycles. The minimum absolute atomic E-state index is 0.0782. The van der Waals surface area contributed by atoms with Gasteiger partial charge in [0.05, 0.1) is 5.75 Å². The highest BCUT2D eigenvalue weighted by molar-refractivity contribution is 7.99. The van der Waals surface area contributed by atoms with E-state index in [2.05, 4.69) is 24.1 Å². The molecule has 1 fully saturated rings. The number of carbonyl (C=O) groups excluding carboxylic acids is 2. The molecule has 6 nitrogen and oxygen atoms in total. The SMILES string of the molecule is CC[C@H]1[C@H](C)CCN1C(=O)c1ccc(NC(=O)CSc2nccn2C)cc1. The second-order valence-corrected chi connectivity index (χ2v) is 7.92. The van der Waals surface area contributed by atoms with E-state index in [9.17, 15) is 9.59 Å². The Balaban J connectivity index is 1.56. The smallest absolute Gasteiger partial charge is 0.254 e. The Morgan fingerprint density at radius 3 is 2.67 bits per heavy atom. The zero-order valence-corrected chi connectivity index (χ0v) is 16.8. The van der Waals surface area contributed by atoms with Gasteiger partial charge in [-0.05, 0) is 43.0 Å². The lowest BCUT2D eigenvalue weighted by Gasteiger charge is -2.26. The Labute approximate surface area is 164 Å². The molecule has 0 aliphatic carbocycles. The second kappa shape index (κ2) is 8.61. The summed E-state index contributed by atoms with van der Waals surface area (Å²) in [6, 6.07) is 7.48. The summed E-state index contributed by atoms with van der Waals surface area (Å²) in [5, 5.41) is 3.67. The van der Waals surface area contributed by atoms with Crippen LogP contribution in [0, 0.1) is 5.92 Å². The summed E-state index contributed by atoms with van der Waals surface area (Å²) < 4.78 is 1.88. The normalized spacial score (nSPS) is 19.3. The van der Waals surface area contributed by atoms with Gasteiger partial charge in [0.15, 0.2) is 5.16 Å². The summed E-state index contributed by atoms with van der Waals surface area (Å²) >= 11 is 1.39. The van der Waals surface area contributed by atoms with Crippen LogP contribution in [0.1, 0.15) is 37.0 Å². The fourth-order valence-electron chi connectivity index (χ4n) is 3.56. The number of benzene rings is 1. The van der Waals surface area contributed by atoms with E-state index in [1.807, 2.05) is 22.7 Å². The van der Waals surface area contributed by atoms with E-state index in [0.29, 0.717) is 23.2 Å². The Morgan fingerprint density at radius 1 is 1.30 bits per heavy atom. The number of anilines is 1. The van der Waals surface area contributed by atoms with Gasteiger partial charge in [0, 0.05) is 43.3 Å². The maximum Gasteiger partial charge on any atom is 0.254 e. The molecule has 1 aliphatic rings. The van der Waals surface area contributed by atoms with E-state index in [-0.39, 0.29) is 17.6 Å². The molecule has 2 heterocycles. The van der Waals surface area contributed by atoms with Crippen molar-refractivity contribution in [2.24, 2.45) is 13.0 Å². The fraction of sp³-hybridized carbons (Fsp3) is 0.450. The highest BCUT2D eigenvalue weighted by Crippen LogP contribution is 2.28. The lowest BCUT2D eigenvalue weighted by atomic mass is 10.0. The molecule has 1 saturated heterocycles. The Bertz CT molecular complexity index is 803. The van der Waals surface area contributed by atoms with Gasteiger partial charge in [0.2, 0.25) is 5.91 Å². The molecule has 3 rings (SSSR count). The predicted molar refractivity (Wildman–Crippen MR) is 108 cm³/mol. The van der Waals surface area contributed by atoms with Crippen LogP contribution >= 0.6 is 11.8 Å². The van der Waals surface area contributed by atoms with Crippen molar-refractivity contribution in [3.8, 4) is 0 Å². The van der Waals surface area contributed by atoms with Crippen LogP contribution in [-0.2, 0) is 11.8 Å². The molecule has 144 valence electrons. The molecule has 0 spiro atoms. The standard InChI is InChI=1S/C20H26N4O2S/c1-4-17-14(2)9-11-24(17)19(26)15-5-7-16(8-6-15)22-18(25)13-27-20-21-10-12-23(20)3/h5-8,10,12,14,17H,4,9,11,13H2,1-3H3,(H,22,25)/t14-,17+/m1/s1. The number of rotatable bonds is 6. The Hall–Kier alpha value is -2.28. The van der Waals surface area contributed by atoms with Crippen molar-refractivity contribution < 1.29 is 9.59 Å². The van der Waals surface area contributed by atoms with E-state index in [0.717, 1.165) is 24.5 Å². The van der Waals surface area contributed by atoms with Crippen molar-refractivity contribution in [2.75, 3.05) is 17.6 Å². The van der Waals surface area contributed by atoms with Gasteiger partial charge in [0.25, 0.3) is 5.91 Å². The predicted octanol–water partition coefficient (Wildman–Crippen LogP) is 3.41. The Morgan fingerprint density at radius 2 is 2.04 bits per heavy atom. The molecule has 27 heavy (non-hydrogen) atoms. The molecule has 0 saturated carbocycles. The molecule has 0 unspecified atom stereocenters. The van der Waals surface area contributed by atoms with Crippen LogP contribution in [0.15, 0.2) is 41.8 Å². The molecular formula is C20H26N4O2S. The second-order valence-electron chi connectivity index (χ2n) is 6.98. The van der Waals surface area contributed by atoms with Crippen molar-refractivity contribution in [1.82, 2.24) is 14.5 Å². The van der Waals surface area contributed by atoms with Crippen molar-refractivity contribution in [2.45, 2.75) is 37.9 Å². The first kappa shape index (κ1) is 19.5. The van der Waals surface area contributed by atoms with Crippen molar-refractivity contribution in [3.05, 3.63) is 42.2 Å². The number of hydrogen-bond donors (Lipinski definition) is 1. The maximum atomic E-state index is 12.8. The van der Waals surface area contributed by atoms with Gasteiger partial charge in [-0.25, -0.2) is 4.98 Å². The first-order valence-corrected chi connectivity index (χ1v) is 10.3. The highest BCUT2D eigenvalue weighted by Gasteiger charge is 2.33. The molecule has 0 bridgehead atoms. The topological polar surface area (TPSA) is 67.2 Å². The maximum absolute atomic E-state index is 12.8. The quantitative estimate of drug-likeness (QED) is 0.773. The van der Waals surface area contributed by atoms with Gasteiger partial charge >= 0.3 is 0 Å². The first-order valence-electron chi connectivity index (χ1n) is 9.30. The van der Waals surface area contributed by atoms with Gasteiger partial charge < -0.3 is 14.8 Å². The number of aromatic nitrogens is 2. The van der Waals surface area contributed by atoms with Crippen LogP contribution in [0.4, 0.5) is 5.69 Å². The number of amides is 2. The third kappa shape index (κ3) is 4.53. The Kier molecular flexibility index (Phi) is 6.21. The van der Waals surface area contributed by atoms with E-state index < -0.39 is 0 Å². The van der Waals surface area contributed by atoms with Crippen molar-refractivity contribution >= 4 is 29.3 Å². The number of aryl methyl sites for hydroxylation is 1. The lowest BCUT2D eigenvalue weighted by molar-refractivity contribution is -0.113. The number of nitrogens with zero attached hydrogens (tertiary/aromatic N) is 3. The summed E-state index contributed by atoms with van der Waals surface area (Å²) in [5.74, 6) is 0.819.